The molecule has 28 heavy (non-hydrogen) atoms. The lowest BCUT2D eigenvalue weighted by molar-refractivity contribution is -0.150. The second kappa shape index (κ2) is 7.97. The maximum atomic E-state index is 12.7. The van der Waals surface area contributed by atoms with Crippen molar-refractivity contribution in [2.75, 3.05) is 13.1 Å². The molecule has 3 atom stereocenters. The Morgan fingerprint density at radius 3 is 2.36 bits per heavy atom. The average molecular weight is 406 g/mol. The van der Waals surface area contributed by atoms with Crippen LogP contribution in [-0.4, -0.2) is 68.6 Å². The van der Waals surface area contributed by atoms with E-state index in [-0.39, 0.29) is 47.5 Å². The number of amides is 3. The number of hydrogen-bond acceptors (Lipinski definition) is 5. The fourth-order valence-corrected chi connectivity index (χ4v) is 4.99. The highest BCUT2D eigenvalue weighted by Crippen LogP contribution is 2.51. The number of carbonyl (C=O) groups excluding carboxylic acids is 3. The molecule has 2 aliphatic rings. The summed E-state index contributed by atoms with van der Waals surface area (Å²) in [7, 11) is 0. The van der Waals surface area contributed by atoms with Crippen LogP contribution in [0.5, 0.6) is 0 Å². The summed E-state index contributed by atoms with van der Waals surface area (Å²) >= 11 is 1.56. The first-order chi connectivity index (χ1) is 12.9. The lowest BCUT2D eigenvalue weighted by Gasteiger charge is -2.45. The molecule has 2 fully saturated rings. The van der Waals surface area contributed by atoms with E-state index in [9.17, 15) is 14.4 Å². The van der Waals surface area contributed by atoms with Crippen molar-refractivity contribution in [3.63, 3.8) is 0 Å². The van der Waals surface area contributed by atoms with E-state index >= 15 is 0 Å². The highest BCUT2D eigenvalue weighted by molar-refractivity contribution is 8.01. The van der Waals surface area contributed by atoms with Gasteiger partial charge in [-0.25, -0.2) is 4.79 Å². The molecule has 152 valence electrons. The summed E-state index contributed by atoms with van der Waals surface area (Å²) in [5.41, 5.74) is -0.648. The van der Waals surface area contributed by atoms with Crippen molar-refractivity contribution in [3.05, 3.63) is 0 Å². The van der Waals surface area contributed by atoms with E-state index in [0.717, 1.165) is 0 Å². The van der Waals surface area contributed by atoms with Crippen LogP contribution in [0.25, 0.3) is 0 Å². The molecule has 0 aromatic carbocycles. The molecule has 2 rings (SSSR count). The van der Waals surface area contributed by atoms with Crippen LogP contribution in [0.3, 0.4) is 0 Å². The molecule has 2 saturated heterocycles. The van der Waals surface area contributed by atoms with Gasteiger partial charge in [-0.05, 0) is 34.6 Å². The summed E-state index contributed by atoms with van der Waals surface area (Å²) < 4.78 is 4.88. The van der Waals surface area contributed by atoms with E-state index in [4.69, 9.17) is 17.6 Å². The Hall–Kier alpha value is -2.32. The number of nitrogens with one attached hydrogen (secondary N) is 1. The number of fused-ring (bicyclic) bond motifs is 1. The minimum absolute atomic E-state index is 0.128. The Bertz CT molecular complexity index is 728. The first-order valence-corrected chi connectivity index (χ1v) is 9.93. The lowest BCUT2D eigenvalue weighted by Crippen LogP contribution is -2.70. The van der Waals surface area contributed by atoms with Gasteiger partial charge in [-0.15, -0.1) is 24.6 Å². The molecule has 0 aliphatic carbocycles. The van der Waals surface area contributed by atoms with Gasteiger partial charge < -0.3 is 19.9 Å². The van der Waals surface area contributed by atoms with E-state index in [1.807, 2.05) is 13.8 Å². The van der Waals surface area contributed by atoms with E-state index in [1.165, 1.54) is 4.90 Å². The molecule has 0 unspecified atom stereocenters. The first kappa shape index (κ1) is 22.0. The minimum atomic E-state index is -0.660. The summed E-state index contributed by atoms with van der Waals surface area (Å²) in [4.78, 5) is 40.5. The first-order valence-electron chi connectivity index (χ1n) is 9.05. The zero-order valence-corrected chi connectivity index (χ0v) is 17.8. The number of rotatable bonds is 5. The number of β-lactam (4-membered cyclic amide) rings is 1. The van der Waals surface area contributed by atoms with Gasteiger partial charge in [-0.1, -0.05) is 11.8 Å². The van der Waals surface area contributed by atoms with Crippen LogP contribution in [0.15, 0.2) is 0 Å². The molecule has 1 N–H and O–H groups in total. The van der Waals surface area contributed by atoms with Crippen molar-refractivity contribution < 1.29 is 19.1 Å². The quantitative estimate of drug-likeness (QED) is 0.553. The highest BCUT2D eigenvalue weighted by atomic mass is 32.2. The lowest BCUT2D eigenvalue weighted by atomic mass is 9.93. The van der Waals surface area contributed by atoms with Crippen LogP contribution in [-0.2, 0) is 14.3 Å². The van der Waals surface area contributed by atoms with Gasteiger partial charge in [-0.3, -0.25) is 9.59 Å². The second-order valence-corrected chi connectivity index (χ2v) is 10.1. The Morgan fingerprint density at radius 2 is 1.86 bits per heavy atom. The van der Waals surface area contributed by atoms with Crippen molar-refractivity contribution >= 4 is 29.7 Å². The van der Waals surface area contributed by atoms with Crippen LogP contribution in [0.1, 0.15) is 41.0 Å². The summed E-state index contributed by atoms with van der Waals surface area (Å²) in [6.45, 7) is 9.50. The zero-order chi connectivity index (χ0) is 21.3. The summed E-state index contributed by atoms with van der Waals surface area (Å²) in [5, 5.41) is 2.41. The molecule has 2 aliphatic heterocycles. The monoisotopic (exact) mass is 405 g/mol. The molecule has 8 heteroatoms. The van der Waals surface area contributed by atoms with Crippen LogP contribution in [0.4, 0.5) is 4.79 Å². The number of nitrogens with zero attached hydrogens (tertiary/aromatic N) is 2. The molecule has 3 amide bonds. The van der Waals surface area contributed by atoms with Crippen molar-refractivity contribution in [3.8, 4) is 24.7 Å². The third kappa shape index (κ3) is 4.56. The molecular weight excluding hydrogens is 378 g/mol. The van der Waals surface area contributed by atoms with Crippen molar-refractivity contribution in [1.29, 1.82) is 0 Å². The Morgan fingerprint density at radius 1 is 1.29 bits per heavy atom. The summed E-state index contributed by atoms with van der Waals surface area (Å²) in [5.74, 6) is 4.46. The van der Waals surface area contributed by atoms with Gasteiger partial charge in [0.05, 0.1) is 19.1 Å². The van der Waals surface area contributed by atoms with Gasteiger partial charge in [0, 0.05) is 11.2 Å². The largest absolute Gasteiger partial charge is 0.444 e. The number of ether oxygens (including phenoxy) is 1. The molecular formula is C20H27N3O4S. The third-order valence-corrected chi connectivity index (χ3v) is 6.22. The molecule has 0 spiro atoms. The number of alkyl carbamates (subject to hydrolysis) is 1. The van der Waals surface area contributed by atoms with Gasteiger partial charge in [0.2, 0.25) is 11.8 Å². The second-order valence-electron chi connectivity index (χ2n) is 8.36. The smallest absolute Gasteiger partial charge is 0.408 e. The topological polar surface area (TPSA) is 79.0 Å². The van der Waals surface area contributed by atoms with Crippen molar-refractivity contribution in [2.45, 2.75) is 68.8 Å². The van der Waals surface area contributed by atoms with Crippen LogP contribution in [0.2, 0.25) is 0 Å². The molecule has 0 radical (unpaired) electrons. The number of terminal acetylenes is 2. The number of thioether (sulfide) groups is 1. The van der Waals surface area contributed by atoms with E-state index < -0.39 is 17.7 Å². The average Bonchev–Trinajstić information content (AvgIpc) is 2.79. The van der Waals surface area contributed by atoms with Crippen LogP contribution >= 0.6 is 11.8 Å². The normalized spacial score (nSPS) is 25.0. The standard InChI is InChI=1S/C20H27N3O4S/c1-8-10-22(11-9-2)14(24)12-13-20(6,7)28-17-15(16(25)23(13)17)21-18(26)27-19(3,4)5/h1-2,13,15,17H,10-12H2,3-7H3,(H,21,26)/t13-,15+,17+/m0/s1. The number of hydrogen-bond donors (Lipinski definition) is 1. The Balaban J connectivity index is 2.07. The predicted molar refractivity (Wildman–Crippen MR) is 108 cm³/mol. The predicted octanol–water partition coefficient (Wildman–Crippen LogP) is 1.43. The zero-order valence-electron chi connectivity index (χ0n) is 16.9. The van der Waals surface area contributed by atoms with Gasteiger partial charge in [0.1, 0.15) is 17.0 Å². The Kier molecular flexibility index (Phi) is 6.25. The summed E-state index contributed by atoms with van der Waals surface area (Å²) in [6.07, 6.45) is 10.1. The molecule has 0 aromatic heterocycles. The van der Waals surface area contributed by atoms with Crippen LogP contribution < -0.4 is 5.32 Å². The van der Waals surface area contributed by atoms with Gasteiger partial charge >= 0.3 is 6.09 Å². The SMILES string of the molecule is C#CCN(CC#C)C(=O)C[C@@H]1N2C(=O)[C@@H](NC(=O)OC(C)(C)C)[C@H]2SC1(C)C. The molecule has 2 heterocycles. The molecule has 0 bridgehead atoms. The fourth-order valence-electron chi connectivity index (χ4n) is 3.33. The Labute approximate surface area is 170 Å². The van der Waals surface area contributed by atoms with Crippen molar-refractivity contribution in [1.82, 2.24) is 15.1 Å². The minimum Gasteiger partial charge on any atom is -0.444 e. The number of carbonyl (C=O) groups is 3. The van der Waals surface area contributed by atoms with Gasteiger partial charge in [-0.2, -0.15) is 0 Å². The van der Waals surface area contributed by atoms with Gasteiger partial charge in [0.25, 0.3) is 0 Å². The molecule has 0 saturated carbocycles. The molecule has 7 nitrogen and oxygen atoms in total. The third-order valence-electron chi connectivity index (χ3n) is 4.60. The van der Waals surface area contributed by atoms with Crippen molar-refractivity contribution in [2.24, 2.45) is 0 Å². The highest BCUT2D eigenvalue weighted by Gasteiger charge is 2.62. The molecule has 0 aromatic rings. The summed E-state index contributed by atoms with van der Waals surface area (Å²) in [6, 6.07) is -0.969. The van der Waals surface area contributed by atoms with Crippen LogP contribution in [0, 0.1) is 24.7 Å². The van der Waals surface area contributed by atoms with Gasteiger partial charge in [0.15, 0.2) is 0 Å². The van der Waals surface area contributed by atoms with E-state index in [2.05, 4.69) is 17.2 Å². The maximum Gasteiger partial charge on any atom is 0.408 e. The van der Waals surface area contributed by atoms with E-state index in [1.54, 1.807) is 37.4 Å². The maximum absolute atomic E-state index is 12.7. The van der Waals surface area contributed by atoms with E-state index in [0.29, 0.717) is 0 Å². The fraction of sp³-hybridized carbons (Fsp3) is 0.650.